The summed E-state index contributed by atoms with van der Waals surface area (Å²) >= 11 is 0. The molecule has 1 amide bonds. The second-order valence-electron chi connectivity index (χ2n) is 5.58. The van der Waals surface area contributed by atoms with Gasteiger partial charge in [0.05, 0.1) is 5.92 Å². The lowest BCUT2D eigenvalue weighted by molar-refractivity contribution is -0.133. The summed E-state index contributed by atoms with van der Waals surface area (Å²) in [6, 6.07) is 0. The van der Waals surface area contributed by atoms with E-state index in [0.29, 0.717) is 6.42 Å². The van der Waals surface area contributed by atoms with Crippen LogP contribution < -0.4 is 5.73 Å². The SMILES string of the molecule is CCCC(C(=O)N1CCC(CC)(CC)C1)C(N)=NO. The first-order chi connectivity index (χ1) is 9.03. The highest BCUT2D eigenvalue weighted by atomic mass is 16.4. The lowest BCUT2D eigenvalue weighted by atomic mass is 9.82. The number of hydrogen-bond donors (Lipinski definition) is 2. The van der Waals surface area contributed by atoms with Crippen LogP contribution in [-0.2, 0) is 4.79 Å². The van der Waals surface area contributed by atoms with Crippen LogP contribution in [0.4, 0.5) is 0 Å². The van der Waals surface area contributed by atoms with Crippen LogP contribution in [0.15, 0.2) is 5.16 Å². The Labute approximate surface area is 115 Å². The maximum absolute atomic E-state index is 12.5. The smallest absolute Gasteiger partial charge is 0.233 e. The van der Waals surface area contributed by atoms with Crippen LogP contribution in [0.25, 0.3) is 0 Å². The molecule has 0 spiro atoms. The number of nitrogens with zero attached hydrogens (tertiary/aromatic N) is 2. The van der Waals surface area contributed by atoms with E-state index in [1.807, 2.05) is 11.8 Å². The van der Waals surface area contributed by atoms with Crippen molar-refractivity contribution in [2.45, 2.75) is 52.9 Å². The van der Waals surface area contributed by atoms with Gasteiger partial charge in [0.1, 0.15) is 0 Å². The highest BCUT2D eigenvalue weighted by Gasteiger charge is 2.39. The molecule has 0 saturated carbocycles. The Kier molecular flexibility index (Phi) is 5.63. The van der Waals surface area contributed by atoms with Gasteiger partial charge in [0.15, 0.2) is 5.84 Å². The first-order valence-corrected chi connectivity index (χ1v) is 7.29. The Hall–Kier alpha value is -1.26. The van der Waals surface area contributed by atoms with E-state index >= 15 is 0 Å². The Morgan fingerprint density at radius 3 is 2.47 bits per heavy atom. The number of carbonyl (C=O) groups excluding carboxylic acids is 1. The van der Waals surface area contributed by atoms with Gasteiger partial charge < -0.3 is 15.8 Å². The third-order valence-electron chi connectivity index (χ3n) is 4.60. The maximum Gasteiger partial charge on any atom is 0.233 e. The van der Waals surface area contributed by atoms with Gasteiger partial charge in [-0.1, -0.05) is 32.3 Å². The molecular formula is C14H27N3O2. The Balaban J connectivity index is 2.77. The number of hydrogen-bond acceptors (Lipinski definition) is 3. The molecule has 1 fully saturated rings. The summed E-state index contributed by atoms with van der Waals surface area (Å²) in [5.41, 5.74) is 5.92. The maximum atomic E-state index is 12.5. The molecule has 1 unspecified atom stereocenters. The van der Waals surface area contributed by atoms with E-state index in [1.165, 1.54) is 0 Å². The molecule has 19 heavy (non-hydrogen) atoms. The van der Waals surface area contributed by atoms with E-state index in [9.17, 15) is 4.79 Å². The Bertz CT molecular complexity index is 338. The first-order valence-electron chi connectivity index (χ1n) is 7.29. The zero-order valence-corrected chi connectivity index (χ0v) is 12.4. The molecule has 1 saturated heterocycles. The molecule has 3 N–H and O–H groups in total. The van der Waals surface area contributed by atoms with Gasteiger partial charge in [-0.3, -0.25) is 4.79 Å². The molecule has 0 bridgehead atoms. The normalized spacial score (nSPS) is 20.6. The largest absolute Gasteiger partial charge is 0.409 e. The predicted octanol–water partition coefficient (Wildman–Crippen LogP) is 2.19. The van der Waals surface area contributed by atoms with Crippen molar-refractivity contribution in [1.29, 1.82) is 0 Å². The lowest BCUT2D eigenvalue weighted by Crippen LogP contribution is -2.41. The molecule has 5 nitrogen and oxygen atoms in total. The highest BCUT2D eigenvalue weighted by Crippen LogP contribution is 2.37. The molecule has 0 aliphatic carbocycles. The Morgan fingerprint density at radius 2 is 2.05 bits per heavy atom. The molecule has 0 aromatic rings. The zero-order valence-electron chi connectivity index (χ0n) is 12.4. The van der Waals surface area contributed by atoms with Crippen LogP contribution in [-0.4, -0.2) is 34.9 Å². The molecule has 1 heterocycles. The minimum atomic E-state index is -0.473. The van der Waals surface area contributed by atoms with E-state index in [-0.39, 0.29) is 17.2 Å². The summed E-state index contributed by atoms with van der Waals surface area (Å²) in [4.78, 5) is 14.4. The fraction of sp³-hybridized carbons (Fsp3) is 0.857. The lowest BCUT2D eigenvalue weighted by Gasteiger charge is -2.28. The van der Waals surface area contributed by atoms with Crippen LogP contribution in [0, 0.1) is 11.3 Å². The second kappa shape index (κ2) is 6.78. The minimum Gasteiger partial charge on any atom is -0.409 e. The summed E-state index contributed by atoms with van der Waals surface area (Å²) in [5.74, 6) is -0.419. The van der Waals surface area contributed by atoms with Crippen molar-refractivity contribution in [3.05, 3.63) is 0 Å². The van der Waals surface area contributed by atoms with Crippen molar-refractivity contribution in [3.63, 3.8) is 0 Å². The van der Waals surface area contributed by atoms with Crippen molar-refractivity contribution < 1.29 is 10.0 Å². The number of oxime groups is 1. The summed E-state index contributed by atoms with van der Waals surface area (Å²) in [6.45, 7) is 7.96. The van der Waals surface area contributed by atoms with Crippen molar-refractivity contribution in [2.75, 3.05) is 13.1 Å². The fourth-order valence-corrected chi connectivity index (χ4v) is 2.93. The van der Waals surface area contributed by atoms with E-state index in [0.717, 1.165) is 38.8 Å². The van der Waals surface area contributed by atoms with Crippen molar-refractivity contribution in [3.8, 4) is 0 Å². The minimum absolute atomic E-state index is 0.0147. The van der Waals surface area contributed by atoms with Gasteiger partial charge in [-0.2, -0.15) is 0 Å². The summed E-state index contributed by atoms with van der Waals surface area (Å²) in [7, 11) is 0. The van der Waals surface area contributed by atoms with E-state index in [2.05, 4.69) is 19.0 Å². The zero-order chi connectivity index (χ0) is 14.5. The number of amidine groups is 1. The molecular weight excluding hydrogens is 242 g/mol. The van der Waals surface area contributed by atoms with E-state index < -0.39 is 5.92 Å². The first kappa shape index (κ1) is 15.8. The van der Waals surface area contributed by atoms with Gasteiger partial charge in [-0.15, -0.1) is 0 Å². The third kappa shape index (κ3) is 3.39. The van der Waals surface area contributed by atoms with Gasteiger partial charge in [-0.25, -0.2) is 0 Å². The van der Waals surface area contributed by atoms with Crippen molar-refractivity contribution in [2.24, 2.45) is 22.2 Å². The highest BCUT2D eigenvalue weighted by molar-refractivity contribution is 6.02. The third-order valence-corrected chi connectivity index (χ3v) is 4.60. The summed E-state index contributed by atoms with van der Waals surface area (Å²) in [5, 5.41) is 11.8. The molecule has 0 aromatic carbocycles. The molecule has 110 valence electrons. The van der Waals surface area contributed by atoms with Crippen LogP contribution >= 0.6 is 0 Å². The van der Waals surface area contributed by atoms with Crippen molar-refractivity contribution in [1.82, 2.24) is 4.90 Å². The number of rotatable bonds is 6. The number of amides is 1. The molecule has 0 radical (unpaired) electrons. The average molecular weight is 269 g/mol. The van der Waals surface area contributed by atoms with E-state index in [4.69, 9.17) is 10.9 Å². The van der Waals surface area contributed by atoms with Gasteiger partial charge >= 0.3 is 0 Å². The molecule has 1 atom stereocenters. The number of likely N-dealkylation sites (tertiary alicyclic amines) is 1. The molecule has 1 rings (SSSR count). The molecule has 1 aliphatic heterocycles. The predicted molar refractivity (Wildman–Crippen MR) is 76.0 cm³/mol. The Morgan fingerprint density at radius 1 is 1.42 bits per heavy atom. The fourth-order valence-electron chi connectivity index (χ4n) is 2.93. The second-order valence-corrected chi connectivity index (χ2v) is 5.58. The topological polar surface area (TPSA) is 78.9 Å². The van der Waals surface area contributed by atoms with Crippen LogP contribution in [0.3, 0.4) is 0 Å². The van der Waals surface area contributed by atoms with Crippen LogP contribution in [0.1, 0.15) is 52.9 Å². The van der Waals surface area contributed by atoms with Crippen LogP contribution in [0.2, 0.25) is 0 Å². The number of nitrogens with two attached hydrogens (primary N) is 1. The summed E-state index contributed by atoms with van der Waals surface area (Å²) in [6.07, 6.45) is 4.72. The van der Waals surface area contributed by atoms with Gasteiger partial charge in [-0.05, 0) is 31.1 Å². The van der Waals surface area contributed by atoms with Crippen LogP contribution in [0.5, 0.6) is 0 Å². The number of carbonyl (C=O) groups is 1. The summed E-state index contributed by atoms with van der Waals surface area (Å²) < 4.78 is 0. The molecule has 0 aromatic heterocycles. The standard InChI is InChI=1S/C14H27N3O2/c1-4-7-11(12(15)16-19)13(18)17-9-8-14(5-2,6-3)10-17/h11,19H,4-10H2,1-3H3,(H2,15,16). The average Bonchev–Trinajstić information content (AvgIpc) is 2.88. The van der Waals surface area contributed by atoms with Crippen molar-refractivity contribution >= 4 is 11.7 Å². The van der Waals surface area contributed by atoms with Gasteiger partial charge in [0.25, 0.3) is 0 Å². The molecule has 1 aliphatic rings. The quantitative estimate of drug-likeness (QED) is 0.336. The van der Waals surface area contributed by atoms with E-state index in [1.54, 1.807) is 0 Å². The van der Waals surface area contributed by atoms with Gasteiger partial charge in [0, 0.05) is 13.1 Å². The molecule has 5 heteroatoms. The monoisotopic (exact) mass is 269 g/mol. The van der Waals surface area contributed by atoms with Gasteiger partial charge in [0.2, 0.25) is 5.91 Å².